The summed E-state index contributed by atoms with van der Waals surface area (Å²) in [5, 5.41) is 2.41. The van der Waals surface area contributed by atoms with Gasteiger partial charge in [-0.2, -0.15) is 13.2 Å². The molecule has 2 fully saturated rings. The molecule has 0 spiro atoms. The third-order valence-electron chi connectivity index (χ3n) is 7.87. The number of benzene rings is 1. The van der Waals surface area contributed by atoms with Crippen molar-refractivity contribution in [1.29, 1.82) is 0 Å². The second kappa shape index (κ2) is 10.4. The van der Waals surface area contributed by atoms with Crippen molar-refractivity contribution >= 4 is 29.2 Å². The monoisotopic (exact) mass is 595 g/mol. The number of carbonyl (C=O) groups excluding carboxylic acids is 2. The second-order valence-electron chi connectivity index (χ2n) is 10.8. The quantitative estimate of drug-likeness (QED) is 0.321. The number of nitrogens with two attached hydrogens (primary N) is 1. The minimum atomic E-state index is -4.58. The van der Waals surface area contributed by atoms with Crippen LogP contribution in [-0.2, 0) is 16.3 Å². The van der Waals surface area contributed by atoms with E-state index in [0.29, 0.717) is 41.5 Å². The first-order valence-electron chi connectivity index (χ1n) is 13.7. The van der Waals surface area contributed by atoms with E-state index in [1.54, 1.807) is 30.3 Å². The third kappa shape index (κ3) is 5.06. The molecule has 0 aliphatic carbocycles. The Labute approximate surface area is 243 Å². The summed E-state index contributed by atoms with van der Waals surface area (Å²) in [4.78, 5) is 40.3. The van der Waals surface area contributed by atoms with Crippen LogP contribution in [0.25, 0.3) is 16.8 Å². The zero-order valence-electron chi connectivity index (χ0n) is 23.3. The molecule has 5 heterocycles. The number of nitrogens with zero attached hydrogens (tertiary/aromatic N) is 5. The van der Waals surface area contributed by atoms with Crippen LogP contribution < -0.4 is 15.8 Å². The highest BCUT2D eigenvalue weighted by Gasteiger charge is 2.46. The number of ether oxygens (including phenoxy) is 2. The summed E-state index contributed by atoms with van der Waals surface area (Å²) in [5.41, 5.74) is 6.60. The van der Waals surface area contributed by atoms with E-state index < -0.39 is 23.1 Å². The molecular formula is C29H28F3N7O4. The van der Waals surface area contributed by atoms with Crippen LogP contribution in [0.4, 0.5) is 29.6 Å². The Kier molecular flexibility index (Phi) is 6.86. The highest BCUT2D eigenvalue weighted by Crippen LogP contribution is 2.42. The van der Waals surface area contributed by atoms with E-state index in [4.69, 9.17) is 20.2 Å². The number of nitrogens with one attached hydrogen (secondary N) is 1. The van der Waals surface area contributed by atoms with Crippen molar-refractivity contribution in [2.75, 3.05) is 30.8 Å². The van der Waals surface area contributed by atoms with E-state index in [1.807, 2.05) is 11.3 Å². The van der Waals surface area contributed by atoms with E-state index in [9.17, 15) is 22.8 Å². The first-order valence-corrected chi connectivity index (χ1v) is 13.7. The molecule has 0 bridgehead atoms. The number of carbonyl (C=O) groups is 2. The smallest absolute Gasteiger partial charge is 0.416 e. The lowest BCUT2D eigenvalue weighted by Crippen LogP contribution is -2.49. The molecule has 2 saturated heterocycles. The molecule has 1 aromatic carbocycles. The summed E-state index contributed by atoms with van der Waals surface area (Å²) in [6, 6.07) is 6.28. The molecule has 224 valence electrons. The fourth-order valence-electron chi connectivity index (χ4n) is 5.72. The van der Waals surface area contributed by atoms with Gasteiger partial charge in [0.2, 0.25) is 0 Å². The molecule has 2 atom stereocenters. The van der Waals surface area contributed by atoms with E-state index in [-0.39, 0.29) is 35.9 Å². The van der Waals surface area contributed by atoms with E-state index >= 15 is 0 Å². The predicted molar refractivity (Wildman–Crippen MR) is 150 cm³/mol. The maximum Gasteiger partial charge on any atom is 0.416 e. The Balaban J connectivity index is 1.38. The third-order valence-corrected chi connectivity index (χ3v) is 7.87. The van der Waals surface area contributed by atoms with Crippen molar-refractivity contribution in [3.63, 3.8) is 0 Å². The summed E-state index contributed by atoms with van der Waals surface area (Å²) in [5.74, 6) is 0.325. The average molecular weight is 596 g/mol. The number of hydrogen-bond acceptors (Lipinski definition) is 8. The molecule has 3 aromatic heterocycles. The van der Waals surface area contributed by atoms with Crippen LogP contribution >= 0.6 is 0 Å². The number of fused-ring (bicyclic) bond motifs is 2. The number of piperidine rings is 1. The lowest BCUT2D eigenvalue weighted by Gasteiger charge is -2.39. The molecular weight excluding hydrogens is 567 g/mol. The summed E-state index contributed by atoms with van der Waals surface area (Å²) < 4.78 is 52.4. The number of amides is 2. The Morgan fingerprint density at radius 3 is 2.81 bits per heavy atom. The zero-order chi connectivity index (χ0) is 30.5. The molecule has 2 aliphatic rings. The van der Waals surface area contributed by atoms with Gasteiger partial charge in [-0.1, -0.05) is 6.92 Å². The van der Waals surface area contributed by atoms with E-state index in [0.717, 1.165) is 31.2 Å². The van der Waals surface area contributed by atoms with E-state index in [1.165, 1.54) is 12.1 Å². The summed E-state index contributed by atoms with van der Waals surface area (Å²) in [6.45, 7) is 4.88. The summed E-state index contributed by atoms with van der Waals surface area (Å²) in [7, 11) is 0. The van der Waals surface area contributed by atoms with Crippen LogP contribution in [0.3, 0.4) is 0 Å². The number of cyclic esters (lactones) is 1. The average Bonchev–Trinajstić information content (AvgIpc) is 3.54. The van der Waals surface area contributed by atoms with Crippen molar-refractivity contribution in [3.05, 3.63) is 65.9 Å². The highest BCUT2D eigenvalue weighted by molar-refractivity contribution is 6.04. The van der Waals surface area contributed by atoms with Gasteiger partial charge in [-0.15, -0.1) is 0 Å². The topological polar surface area (TPSA) is 137 Å². The Morgan fingerprint density at radius 2 is 2.05 bits per heavy atom. The number of anilines is 2. The first kappa shape index (κ1) is 28.2. The molecule has 4 aromatic rings. The van der Waals surface area contributed by atoms with E-state index in [2.05, 4.69) is 15.3 Å². The van der Waals surface area contributed by atoms with Crippen LogP contribution in [0.2, 0.25) is 0 Å². The molecule has 3 N–H and O–H groups in total. The SMILES string of the molecule is CCOc1cc(C(=O)Nc2cc(C(F)(F)F)ccn2)ccc1-c1nc([C@@]2(C)CC[C@@H]3COC(=O)N3C2)n2ccnc(N)c12. The number of aromatic nitrogens is 4. The summed E-state index contributed by atoms with van der Waals surface area (Å²) >= 11 is 0. The minimum Gasteiger partial charge on any atom is -0.493 e. The molecule has 0 radical (unpaired) electrons. The standard InChI is InChI=1S/C29H28F3N7O4/c1-3-42-20-12-16(25(40)36-21-13-17(7-9-34-21)29(30,31)32)4-5-19(20)22-23-24(33)35-10-11-38(23)26(37-22)28(2)8-6-18-14-43-27(41)39(18)15-28/h4-5,7,9-13,18H,3,6,8,14-15H2,1-2H3,(H2,33,35)(H,34,36,40)/t18-,28+/m1/s1. The number of pyridine rings is 1. The minimum absolute atomic E-state index is 0.0346. The molecule has 11 nitrogen and oxygen atoms in total. The van der Waals surface area contributed by atoms with Crippen molar-refractivity contribution in [2.45, 2.75) is 44.3 Å². The van der Waals surface area contributed by atoms with Gasteiger partial charge in [0, 0.05) is 41.7 Å². The lowest BCUT2D eigenvalue weighted by atomic mass is 9.79. The van der Waals surface area contributed by atoms with Crippen molar-refractivity contribution < 1.29 is 32.2 Å². The second-order valence-corrected chi connectivity index (χ2v) is 10.8. The van der Waals surface area contributed by atoms with Crippen LogP contribution in [0.1, 0.15) is 48.4 Å². The van der Waals surface area contributed by atoms with Gasteiger partial charge in [-0.05, 0) is 50.1 Å². The Morgan fingerprint density at radius 1 is 1.23 bits per heavy atom. The van der Waals surface area contributed by atoms with Crippen molar-refractivity contribution in [2.24, 2.45) is 0 Å². The molecule has 6 rings (SSSR count). The zero-order valence-corrected chi connectivity index (χ0v) is 23.3. The normalized spacial score (nSPS) is 20.2. The van der Waals surface area contributed by atoms with Crippen molar-refractivity contribution in [3.8, 4) is 17.0 Å². The molecule has 43 heavy (non-hydrogen) atoms. The maximum atomic E-state index is 13.1. The van der Waals surface area contributed by atoms with Crippen LogP contribution in [0, 0.1) is 0 Å². The number of nitrogen functional groups attached to an aromatic ring is 1. The highest BCUT2D eigenvalue weighted by atomic mass is 19.4. The van der Waals surface area contributed by atoms with Crippen LogP contribution in [-0.4, -0.2) is 62.1 Å². The van der Waals surface area contributed by atoms with Crippen molar-refractivity contribution in [1.82, 2.24) is 24.3 Å². The number of halogens is 3. The molecule has 2 amide bonds. The van der Waals surface area contributed by atoms with Crippen LogP contribution in [0.5, 0.6) is 5.75 Å². The Hall–Kier alpha value is -4.88. The van der Waals surface area contributed by atoms with Crippen LogP contribution in [0.15, 0.2) is 48.9 Å². The molecule has 2 aliphatic heterocycles. The molecule has 0 saturated carbocycles. The first-order chi connectivity index (χ1) is 20.5. The largest absolute Gasteiger partial charge is 0.493 e. The van der Waals surface area contributed by atoms with Gasteiger partial charge in [0.1, 0.15) is 41.0 Å². The van der Waals surface area contributed by atoms with Gasteiger partial charge < -0.3 is 25.4 Å². The number of rotatable bonds is 6. The lowest BCUT2D eigenvalue weighted by molar-refractivity contribution is -0.137. The number of hydrogen-bond donors (Lipinski definition) is 2. The molecule has 14 heteroatoms. The van der Waals surface area contributed by atoms with Gasteiger partial charge in [-0.25, -0.2) is 19.7 Å². The summed E-state index contributed by atoms with van der Waals surface area (Å²) in [6.07, 6.45) is 0.909. The maximum absolute atomic E-state index is 13.1. The predicted octanol–water partition coefficient (Wildman–Crippen LogP) is 4.92. The number of alkyl halides is 3. The van der Waals surface area contributed by atoms with Gasteiger partial charge in [0.05, 0.1) is 18.2 Å². The van der Waals surface area contributed by atoms with Gasteiger partial charge in [0.15, 0.2) is 0 Å². The fourth-order valence-corrected chi connectivity index (χ4v) is 5.72. The van der Waals surface area contributed by atoms with Gasteiger partial charge >= 0.3 is 12.3 Å². The van der Waals surface area contributed by atoms with Gasteiger partial charge in [0.25, 0.3) is 5.91 Å². The van der Waals surface area contributed by atoms with Gasteiger partial charge in [-0.3, -0.25) is 9.20 Å². The Bertz CT molecular complexity index is 1740. The fraction of sp³-hybridized carbons (Fsp3) is 0.345. The molecule has 0 unspecified atom stereocenters. The number of imidazole rings is 1.